The molecule has 17 heavy (non-hydrogen) atoms. The summed E-state index contributed by atoms with van der Waals surface area (Å²) in [6.45, 7) is 2.27. The van der Waals surface area contributed by atoms with Gasteiger partial charge in [-0.05, 0) is 19.1 Å². The molecule has 98 valence electrons. The predicted octanol–water partition coefficient (Wildman–Crippen LogP) is 0.391. The number of ether oxygens (including phenoxy) is 2. The van der Waals surface area contributed by atoms with Gasteiger partial charge in [0, 0.05) is 0 Å². The quantitative estimate of drug-likeness (QED) is 0.498. The van der Waals surface area contributed by atoms with Crippen LogP contribution < -0.4 is 4.74 Å². The average Bonchev–Trinajstić information content (AvgIpc) is 2.31. The number of aliphatic hydroxyl groups is 3. The van der Waals surface area contributed by atoms with Gasteiger partial charge < -0.3 is 24.8 Å². The lowest BCUT2D eigenvalue weighted by molar-refractivity contribution is -0.000288. The van der Waals surface area contributed by atoms with Crippen molar-refractivity contribution in [3.63, 3.8) is 0 Å². The molecule has 1 atom stereocenters. The van der Waals surface area contributed by atoms with Gasteiger partial charge in [-0.3, -0.25) is 0 Å². The molecule has 1 rings (SSSR count). The van der Waals surface area contributed by atoms with Crippen molar-refractivity contribution in [3.05, 3.63) is 30.3 Å². The lowest BCUT2D eigenvalue weighted by Gasteiger charge is -2.06. The van der Waals surface area contributed by atoms with E-state index in [0.717, 1.165) is 0 Å². The first-order valence-electron chi connectivity index (χ1n) is 5.40. The van der Waals surface area contributed by atoms with Gasteiger partial charge in [0.2, 0.25) is 0 Å². The van der Waals surface area contributed by atoms with Gasteiger partial charge in [0.15, 0.2) is 6.29 Å². The molecule has 0 aliphatic heterocycles. The Labute approximate surface area is 101 Å². The summed E-state index contributed by atoms with van der Waals surface area (Å²) in [5.41, 5.74) is 0. The molecule has 3 N–H and O–H groups in total. The van der Waals surface area contributed by atoms with E-state index in [2.05, 4.69) is 4.74 Å². The zero-order valence-corrected chi connectivity index (χ0v) is 9.95. The fraction of sp³-hybridized carbons (Fsp3) is 0.500. The second-order valence-corrected chi connectivity index (χ2v) is 3.09. The second kappa shape index (κ2) is 11.3. The number of benzene rings is 1. The summed E-state index contributed by atoms with van der Waals surface area (Å²) in [7, 11) is 0. The van der Waals surface area contributed by atoms with Crippen LogP contribution in [0.1, 0.15) is 6.92 Å². The Kier molecular flexibility index (Phi) is 10.6. The molecular formula is C12H20O5. The van der Waals surface area contributed by atoms with E-state index in [-0.39, 0.29) is 13.2 Å². The highest BCUT2D eigenvalue weighted by atomic mass is 16.6. The van der Waals surface area contributed by atoms with Gasteiger partial charge in [0.05, 0.1) is 26.4 Å². The van der Waals surface area contributed by atoms with Crippen molar-refractivity contribution in [2.75, 3.05) is 26.4 Å². The number of hydrogen-bond acceptors (Lipinski definition) is 5. The van der Waals surface area contributed by atoms with Gasteiger partial charge in [-0.25, -0.2) is 0 Å². The van der Waals surface area contributed by atoms with Crippen LogP contribution in [-0.2, 0) is 4.74 Å². The molecule has 0 spiro atoms. The van der Waals surface area contributed by atoms with Crippen molar-refractivity contribution in [1.82, 2.24) is 0 Å². The van der Waals surface area contributed by atoms with Gasteiger partial charge in [-0.15, -0.1) is 0 Å². The van der Waals surface area contributed by atoms with E-state index in [4.69, 9.17) is 20.1 Å². The van der Waals surface area contributed by atoms with E-state index in [9.17, 15) is 0 Å². The molecule has 1 aromatic carbocycles. The Morgan fingerprint density at radius 1 is 1.06 bits per heavy atom. The van der Waals surface area contributed by atoms with Crippen LogP contribution in [-0.4, -0.2) is 48.0 Å². The van der Waals surface area contributed by atoms with Gasteiger partial charge in [0.25, 0.3) is 0 Å². The van der Waals surface area contributed by atoms with Gasteiger partial charge in [-0.1, -0.05) is 18.2 Å². The molecule has 0 bridgehead atoms. The van der Waals surface area contributed by atoms with Crippen LogP contribution in [0.3, 0.4) is 0 Å². The summed E-state index contributed by atoms with van der Waals surface area (Å²) < 4.78 is 9.60. The maximum absolute atomic E-state index is 8.78. The summed E-state index contributed by atoms with van der Waals surface area (Å²) >= 11 is 0. The topological polar surface area (TPSA) is 79.2 Å². The summed E-state index contributed by atoms with van der Waals surface area (Å²) in [5.74, 6) is 0.692. The van der Waals surface area contributed by atoms with E-state index in [1.807, 2.05) is 18.2 Å². The molecule has 0 aromatic heterocycles. The van der Waals surface area contributed by atoms with Crippen LogP contribution >= 0.6 is 0 Å². The first kappa shape index (κ1) is 15.9. The van der Waals surface area contributed by atoms with Crippen LogP contribution in [0.5, 0.6) is 5.75 Å². The van der Waals surface area contributed by atoms with Crippen LogP contribution in [0.2, 0.25) is 0 Å². The molecule has 0 fully saturated rings. The molecule has 5 nitrogen and oxygen atoms in total. The van der Waals surface area contributed by atoms with Crippen molar-refractivity contribution in [3.8, 4) is 5.75 Å². The minimum atomic E-state index is -0.734. The van der Waals surface area contributed by atoms with E-state index >= 15 is 0 Å². The molecule has 0 saturated heterocycles. The highest BCUT2D eigenvalue weighted by Crippen LogP contribution is 2.09. The zero-order valence-electron chi connectivity index (χ0n) is 9.95. The fourth-order valence-corrected chi connectivity index (χ4v) is 0.927. The SMILES string of the molecule is CC(O)Oc1ccccc1.OCCOCCO. The number of rotatable bonds is 6. The Bertz CT molecular complexity index is 246. The zero-order chi connectivity index (χ0) is 12.9. The lowest BCUT2D eigenvalue weighted by atomic mass is 10.3. The van der Waals surface area contributed by atoms with E-state index in [1.165, 1.54) is 0 Å². The third kappa shape index (κ3) is 11.1. The van der Waals surface area contributed by atoms with Crippen LogP contribution in [0.15, 0.2) is 30.3 Å². The van der Waals surface area contributed by atoms with Gasteiger partial charge in [0.1, 0.15) is 5.75 Å². The van der Waals surface area contributed by atoms with Crippen LogP contribution in [0, 0.1) is 0 Å². The highest BCUT2D eigenvalue weighted by Gasteiger charge is 1.94. The first-order chi connectivity index (χ1) is 8.20. The third-order valence-corrected chi connectivity index (χ3v) is 1.52. The molecule has 1 unspecified atom stereocenters. The van der Waals surface area contributed by atoms with Crippen LogP contribution in [0.4, 0.5) is 0 Å². The number of hydrogen-bond donors (Lipinski definition) is 3. The van der Waals surface area contributed by atoms with Crippen molar-refractivity contribution in [2.24, 2.45) is 0 Å². The monoisotopic (exact) mass is 244 g/mol. The van der Waals surface area contributed by atoms with Crippen molar-refractivity contribution >= 4 is 0 Å². The molecule has 5 heteroatoms. The Morgan fingerprint density at radius 2 is 1.59 bits per heavy atom. The Balaban J connectivity index is 0.000000325. The van der Waals surface area contributed by atoms with E-state index in [1.54, 1.807) is 19.1 Å². The number of para-hydroxylation sites is 1. The minimum Gasteiger partial charge on any atom is -0.465 e. The first-order valence-corrected chi connectivity index (χ1v) is 5.40. The van der Waals surface area contributed by atoms with Crippen molar-refractivity contribution in [2.45, 2.75) is 13.2 Å². The third-order valence-electron chi connectivity index (χ3n) is 1.52. The number of aliphatic hydroxyl groups excluding tert-OH is 3. The largest absolute Gasteiger partial charge is 0.465 e. The van der Waals surface area contributed by atoms with E-state index < -0.39 is 6.29 Å². The molecule has 0 heterocycles. The summed E-state index contributed by atoms with van der Waals surface area (Å²) in [5, 5.41) is 25.0. The van der Waals surface area contributed by atoms with Gasteiger partial charge >= 0.3 is 0 Å². The second-order valence-electron chi connectivity index (χ2n) is 3.09. The molecule has 0 aliphatic rings. The van der Waals surface area contributed by atoms with Gasteiger partial charge in [-0.2, -0.15) is 0 Å². The molecule has 0 radical (unpaired) electrons. The Hall–Kier alpha value is -1.14. The maximum Gasteiger partial charge on any atom is 0.194 e. The molecule has 1 aromatic rings. The Morgan fingerprint density at radius 3 is 2.00 bits per heavy atom. The lowest BCUT2D eigenvalue weighted by Crippen LogP contribution is -2.08. The molecule has 0 aliphatic carbocycles. The highest BCUT2D eigenvalue weighted by molar-refractivity contribution is 5.20. The van der Waals surface area contributed by atoms with Crippen molar-refractivity contribution < 1.29 is 24.8 Å². The summed E-state index contributed by atoms with van der Waals surface area (Å²) in [6.07, 6.45) is -0.734. The molecular weight excluding hydrogens is 224 g/mol. The summed E-state index contributed by atoms with van der Waals surface area (Å²) in [4.78, 5) is 0. The normalized spacial score (nSPS) is 11.3. The predicted molar refractivity (Wildman–Crippen MR) is 63.7 cm³/mol. The van der Waals surface area contributed by atoms with Crippen LogP contribution in [0.25, 0.3) is 0 Å². The average molecular weight is 244 g/mol. The van der Waals surface area contributed by atoms with Crippen molar-refractivity contribution in [1.29, 1.82) is 0 Å². The molecule has 0 saturated carbocycles. The minimum absolute atomic E-state index is 0.0278. The fourth-order valence-electron chi connectivity index (χ4n) is 0.927. The van der Waals surface area contributed by atoms with E-state index in [0.29, 0.717) is 19.0 Å². The summed E-state index contributed by atoms with van der Waals surface area (Å²) in [6, 6.07) is 9.21. The maximum atomic E-state index is 8.78. The molecule has 0 amide bonds. The smallest absolute Gasteiger partial charge is 0.194 e. The standard InChI is InChI=1S/C8H10O2.C4H10O3/c1-7(9)10-8-5-3-2-4-6-8;5-1-3-7-4-2-6/h2-7,9H,1H3;5-6H,1-4H2.